The normalized spacial score (nSPS) is 13.2. The number of aromatic nitrogens is 1. The number of rotatable bonds is 5. The molecule has 0 saturated heterocycles. The second kappa shape index (κ2) is 5.27. The molecular weight excluding hydrogens is 168 g/mol. The molecule has 0 spiro atoms. The number of nitrogens with zero attached hydrogens (tertiary/aromatic N) is 1. The van der Waals surface area contributed by atoms with Gasteiger partial charge in [-0.1, -0.05) is 6.92 Å². The summed E-state index contributed by atoms with van der Waals surface area (Å²) in [6.45, 7) is 3.38. The molecule has 0 saturated carbocycles. The molecule has 1 atom stereocenters. The number of nitrogens with one attached hydrogen (secondary N) is 1. The molecule has 1 N–H and O–H groups in total. The van der Waals surface area contributed by atoms with E-state index < -0.39 is 0 Å². The first-order valence-corrected chi connectivity index (χ1v) is 5.24. The highest BCUT2D eigenvalue weighted by atomic mass is 32.1. The van der Waals surface area contributed by atoms with Gasteiger partial charge in [0.25, 0.3) is 0 Å². The molecule has 1 heterocycles. The van der Waals surface area contributed by atoms with Crippen LogP contribution in [0, 0.1) is 5.92 Å². The molecule has 2 nitrogen and oxygen atoms in total. The molecule has 1 aromatic heterocycles. The zero-order valence-electron chi connectivity index (χ0n) is 7.71. The van der Waals surface area contributed by atoms with Crippen molar-refractivity contribution in [2.24, 2.45) is 5.92 Å². The summed E-state index contributed by atoms with van der Waals surface area (Å²) < 4.78 is 0. The fraction of sp³-hybridized carbons (Fsp3) is 0.667. The second-order valence-electron chi connectivity index (χ2n) is 3.13. The Morgan fingerprint density at radius 3 is 3.08 bits per heavy atom. The average Bonchev–Trinajstić information content (AvgIpc) is 2.53. The largest absolute Gasteiger partial charge is 0.320 e. The lowest BCUT2D eigenvalue weighted by molar-refractivity contribution is 0.514. The molecule has 12 heavy (non-hydrogen) atoms. The third kappa shape index (κ3) is 3.32. The molecule has 0 aliphatic rings. The van der Waals surface area contributed by atoms with Gasteiger partial charge in [-0.25, -0.2) is 4.98 Å². The Morgan fingerprint density at radius 1 is 1.67 bits per heavy atom. The minimum atomic E-state index is 0.739. The van der Waals surface area contributed by atoms with Crippen LogP contribution in [-0.2, 0) is 6.42 Å². The lowest BCUT2D eigenvalue weighted by Gasteiger charge is -2.07. The fourth-order valence-electron chi connectivity index (χ4n) is 1.14. The molecule has 3 heteroatoms. The van der Waals surface area contributed by atoms with E-state index in [9.17, 15) is 0 Å². The summed E-state index contributed by atoms with van der Waals surface area (Å²) in [5.41, 5.74) is 0. The van der Waals surface area contributed by atoms with Crippen molar-refractivity contribution >= 4 is 11.3 Å². The van der Waals surface area contributed by atoms with E-state index >= 15 is 0 Å². The molecule has 0 aliphatic carbocycles. The first kappa shape index (κ1) is 9.68. The first-order valence-electron chi connectivity index (χ1n) is 4.36. The number of thiazole rings is 1. The Balaban J connectivity index is 2.22. The van der Waals surface area contributed by atoms with Crippen LogP contribution in [-0.4, -0.2) is 18.6 Å². The quantitative estimate of drug-likeness (QED) is 0.756. The minimum absolute atomic E-state index is 0.739. The molecule has 0 radical (unpaired) electrons. The van der Waals surface area contributed by atoms with Crippen LogP contribution >= 0.6 is 11.3 Å². The van der Waals surface area contributed by atoms with Crippen molar-refractivity contribution < 1.29 is 0 Å². The van der Waals surface area contributed by atoms with Gasteiger partial charge in [-0.15, -0.1) is 11.3 Å². The maximum Gasteiger partial charge on any atom is 0.0927 e. The Hall–Kier alpha value is -0.410. The van der Waals surface area contributed by atoms with Crippen LogP contribution in [0.2, 0.25) is 0 Å². The summed E-state index contributed by atoms with van der Waals surface area (Å²) in [5.74, 6) is 0.739. The first-order chi connectivity index (χ1) is 5.83. The van der Waals surface area contributed by atoms with Gasteiger partial charge in [-0.3, -0.25) is 0 Å². The Morgan fingerprint density at radius 2 is 2.50 bits per heavy atom. The third-order valence-electron chi connectivity index (χ3n) is 1.89. The van der Waals surface area contributed by atoms with Crippen molar-refractivity contribution in [3.63, 3.8) is 0 Å². The number of hydrogen-bond acceptors (Lipinski definition) is 3. The minimum Gasteiger partial charge on any atom is -0.320 e. The second-order valence-corrected chi connectivity index (χ2v) is 4.11. The lowest BCUT2D eigenvalue weighted by atomic mass is 10.0. The van der Waals surface area contributed by atoms with Gasteiger partial charge >= 0.3 is 0 Å². The smallest absolute Gasteiger partial charge is 0.0927 e. The van der Waals surface area contributed by atoms with E-state index in [1.165, 1.54) is 11.4 Å². The van der Waals surface area contributed by atoms with Crippen LogP contribution in [0.5, 0.6) is 0 Å². The molecule has 0 aromatic carbocycles. The highest BCUT2D eigenvalue weighted by Crippen LogP contribution is 2.12. The summed E-state index contributed by atoms with van der Waals surface area (Å²) in [7, 11) is 2.00. The monoisotopic (exact) mass is 184 g/mol. The highest BCUT2D eigenvalue weighted by molar-refractivity contribution is 7.09. The summed E-state index contributed by atoms with van der Waals surface area (Å²) in [5, 5.41) is 6.47. The SMILES string of the molecule is CNCCC(C)Cc1nccs1. The van der Waals surface area contributed by atoms with E-state index in [4.69, 9.17) is 0 Å². The van der Waals surface area contributed by atoms with Crippen LogP contribution in [0.4, 0.5) is 0 Å². The highest BCUT2D eigenvalue weighted by Gasteiger charge is 2.04. The van der Waals surface area contributed by atoms with Crippen molar-refractivity contribution in [2.75, 3.05) is 13.6 Å². The van der Waals surface area contributed by atoms with Crippen LogP contribution in [0.3, 0.4) is 0 Å². The summed E-state index contributed by atoms with van der Waals surface area (Å²) in [6, 6.07) is 0. The summed E-state index contributed by atoms with van der Waals surface area (Å²) in [4.78, 5) is 4.26. The van der Waals surface area contributed by atoms with E-state index in [0.29, 0.717) is 0 Å². The Labute approximate surface area is 78.0 Å². The van der Waals surface area contributed by atoms with Crippen LogP contribution in [0.15, 0.2) is 11.6 Å². The van der Waals surface area contributed by atoms with Crippen molar-refractivity contribution in [3.8, 4) is 0 Å². The molecule has 1 unspecified atom stereocenters. The van der Waals surface area contributed by atoms with E-state index in [1.807, 2.05) is 18.6 Å². The fourth-order valence-corrected chi connectivity index (χ4v) is 1.93. The van der Waals surface area contributed by atoms with Crippen LogP contribution < -0.4 is 5.32 Å². The maximum atomic E-state index is 4.26. The van der Waals surface area contributed by atoms with E-state index in [-0.39, 0.29) is 0 Å². The summed E-state index contributed by atoms with van der Waals surface area (Å²) >= 11 is 1.75. The topological polar surface area (TPSA) is 24.9 Å². The molecular formula is C9H16N2S. The Kier molecular flexibility index (Phi) is 4.25. The molecule has 68 valence electrons. The van der Waals surface area contributed by atoms with Crippen molar-refractivity contribution in [1.29, 1.82) is 0 Å². The third-order valence-corrected chi connectivity index (χ3v) is 2.70. The standard InChI is InChI=1S/C9H16N2S/c1-8(3-4-10-2)7-9-11-5-6-12-9/h5-6,8,10H,3-4,7H2,1-2H3. The molecule has 0 fully saturated rings. The number of hydrogen-bond donors (Lipinski definition) is 1. The summed E-state index contributed by atoms with van der Waals surface area (Å²) in [6.07, 6.45) is 4.24. The van der Waals surface area contributed by atoms with Gasteiger partial charge in [-0.05, 0) is 25.9 Å². The predicted molar refractivity (Wildman–Crippen MR) is 53.5 cm³/mol. The molecule has 0 aliphatic heterocycles. The van der Waals surface area contributed by atoms with Crippen molar-refractivity contribution in [3.05, 3.63) is 16.6 Å². The zero-order valence-corrected chi connectivity index (χ0v) is 8.53. The van der Waals surface area contributed by atoms with E-state index in [0.717, 1.165) is 18.9 Å². The maximum absolute atomic E-state index is 4.26. The van der Waals surface area contributed by atoms with Gasteiger partial charge in [-0.2, -0.15) is 0 Å². The van der Waals surface area contributed by atoms with Crippen molar-refractivity contribution in [1.82, 2.24) is 10.3 Å². The molecule has 0 amide bonds. The van der Waals surface area contributed by atoms with Gasteiger partial charge in [0.15, 0.2) is 0 Å². The van der Waals surface area contributed by atoms with Gasteiger partial charge < -0.3 is 5.32 Å². The van der Waals surface area contributed by atoms with E-state index in [2.05, 4.69) is 17.2 Å². The zero-order chi connectivity index (χ0) is 8.81. The molecule has 0 bridgehead atoms. The van der Waals surface area contributed by atoms with E-state index in [1.54, 1.807) is 11.3 Å². The van der Waals surface area contributed by atoms with Gasteiger partial charge in [0.2, 0.25) is 0 Å². The molecule has 1 rings (SSSR count). The van der Waals surface area contributed by atoms with Crippen LogP contribution in [0.25, 0.3) is 0 Å². The van der Waals surface area contributed by atoms with Crippen molar-refractivity contribution in [2.45, 2.75) is 19.8 Å². The van der Waals surface area contributed by atoms with Gasteiger partial charge in [0.1, 0.15) is 0 Å². The van der Waals surface area contributed by atoms with Gasteiger partial charge in [0.05, 0.1) is 5.01 Å². The molecule has 1 aromatic rings. The van der Waals surface area contributed by atoms with Gasteiger partial charge in [0, 0.05) is 18.0 Å². The lowest BCUT2D eigenvalue weighted by Crippen LogP contribution is -2.12. The predicted octanol–water partition coefficient (Wildman–Crippen LogP) is 1.93. The average molecular weight is 184 g/mol. The van der Waals surface area contributed by atoms with Crippen LogP contribution in [0.1, 0.15) is 18.4 Å². The Bertz CT molecular complexity index is 196.